The smallest absolute Gasteiger partial charge is 0.360 e. The molecule has 1 aromatic rings. The normalized spacial score (nSPS) is 24.2. The number of esters is 1. The molecule has 1 N–H and O–H groups in total. The molecular formula is C13H21N3O3. The maximum atomic E-state index is 11.5. The summed E-state index contributed by atoms with van der Waals surface area (Å²) in [6.07, 6.45) is 2.37. The van der Waals surface area contributed by atoms with E-state index in [0.717, 1.165) is 19.5 Å². The number of nitrogens with zero attached hydrogens (tertiary/aromatic N) is 2. The van der Waals surface area contributed by atoms with Gasteiger partial charge in [-0.2, -0.15) is 4.98 Å². The number of oxazole rings is 1. The van der Waals surface area contributed by atoms with E-state index in [4.69, 9.17) is 9.15 Å². The zero-order valence-electron chi connectivity index (χ0n) is 11.7. The largest absolute Gasteiger partial charge is 0.461 e. The number of likely N-dealkylation sites (tertiary alicyclic amines) is 1. The fourth-order valence-corrected chi connectivity index (χ4v) is 2.37. The molecule has 0 spiro atoms. The average molecular weight is 267 g/mol. The highest BCUT2D eigenvalue weighted by Crippen LogP contribution is 2.20. The fraction of sp³-hybridized carbons (Fsp3) is 0.692. The van der Waals surface area contributed by atoms with Crippen molar-refractivity contribution < 1.29 is 13.9 Å². The van der Waals surface area contributed by atoms with Gasteiger partial charge in [-0.05, 0) is 32.9 Å². The molecule has 106 valence electrons. The molecule has 1 fully saturated rings. The van der Waals surface area contributed by atoms with Crippen LogP contribution in [0, 0.1) is 5.92 Å². The molecule has 1 saturated heterocycles. The number of carbonyl (C=O) groups is 1. The van der Waals surface area contributed by atoms with E-state index >= 15 is 0 Å². The molecule has 1 aliphatic heterocycles. The minimum atomic E-state index is -0.448. The van der Waals surface area contributed by atoms with Crippen molar-refractivity contribution in [2.45, 2.75) is 26.3 Å². The van der Waals surface area contributed by atoms with Gasteiger partial charge in [-0.25, -0.2) is 4.79 Å². The lowest BCUT2D eigenvalue weighted by Gasteiger charge is -2.34. The second kappa shape index (κ2) is 6.06. The summed E-state index contributed by atoms with van der Waals surface area (Å²) in [6.45, 7) is 6.39. The first-order chi connectivity index (χ1) is 9.10. The van der Waals surface area contributed by atoms with Crippen LogP contribution in [0.25, 0.3) is 0 Å². The van der Waals surface area contributed by atoms with Crippen molar-refractivity contribution in [1.29, 1.82) is 0 Å². The summed E-state index contributed by atoms with van der Waals surface area (Å²) < 4.78 is 10.1. The van der Waals surface area contributed by atoms with Gasteiger partial charge < -0.3 is 19.4 Å². The molecule has 2 unspecified atom stereocenters. The number of aromatic nitrogens is 1. The zero-order chi connectivity index (χ0) is 13.8. The van der Waals surface area contributed by atoms with Gasteiger partial charge in [0, 0.05) is 12.6 Å². The van der Waals surface area contributed by atoms with Gasteiger partial charge in [0.15, 0.2) is 5.69 Å². The van der Waals surface area contributed by atoms with Gasteiger partial charge in [0.25, 0.3) is 6.01 Å². The van der Waals surface area contributed by atoms with E-state index in [2.05, 4.69) is 29.2 Å². The van der Waals surface area contributed by atoms with Crippen molar-refractivity contribution in [1.82, 2.24) is 9.88 Å². The van der Waals surface area contributed by atoms with Crippen molar-refractivity contribution in [3.63, 3.8) is 0 Å². The van der Waals surface area contributed by atoms with E-state index in [1.165, 1.54) is 6.26 Å². The number of rotatable bonds is 4. The molecular weight excluding hydrogens is 246 g/mol. The summed E-state index contributed by atoms with van der Waals surface area (Å²) in [5.74, 6) is 0.0624. The highest BCUT2D eigenvalue weighted by Gasteiger charge is 2.25. The Balaban J connectivity index is 1.94. The predicted molar refractivity (Wildman–Crippen MR) is 71.1 cm³/mol. The molecule has 0 amide bonds. The molecule has 2 atom stereocenters. The SMILES string of the molecule is CCOC(=O)c1coc(NC2CCN(C)CC2C)n1. The lowest BCUT2D eigenvalue weighted by molar-refractivity contribution is 0.0519. The van der Waals surface area contributed by atoms with Crippen molar-refractivity contribution in [2.75, 3.05) is 32.1 Å². The van der Waals surface area contributed by atoms with Gasteiger partial charge >= 0.3 is 5.97 Å². The van der Waals surface area contributed by atoms with Crippen LogP contribution in [0.15, 0.2) is 10.7 Å². The lowest BCUT2D eigenvalue weighted by Crippen LogP contribution is -2.43. The Labute approximate surface area is 113 Å². The number of hydrogen-bond acceptors (Lipinski definition) is 6. The second-order valence-corrected chi connectivity index (χ2v) is 5.04. The Morgan fingerprint density at radius 3 is 3.16 bits per heavy atom. The molecule has 2 heterocycles. The second-order valence-electron chi connectivity index (χ2n) is 5.04. The molecule has 1 aliphatic rings. The van der Waals surface area contributed by atoms with Crippen molar-refractivity contribution in [3.8, 4) is 0 Å². The third-order valence-corrected chi connectivity index (χ3v) is 3.41. The van der Waals surface area contributed by atoms with Gasteiger partial charge in [0.1, 0.15) is 6.26 Å². The molecule has 0 bridgehead atoms. The molecule has 0 saturated carbocycles. The summed E-state index contributed by atoms with van der Waals surface area (Å²) in [7, 11) is 2.12. The molecule has 0 radical (unpaired) electrons. The minimum absolute atomic E-state index is 0.213. The van der Waals surface area contributed by atoms with Crippen molar-refractivity contribution in [3.05, 3.63) is 12.0 Å². The van der Waals surface area contributed by atoms with Crippen molar-refractivity contribution in [2.24, 2.45) is 5.92 Å². The van der Waals surface area contributed by atoms with Gasteiger partial charge in [-0.15, -0.1) is 0 Å². The lowest BCUT2D eigenvalue weighted by atomic mass is 9.94. The number of ether oxygens (including phenoxy) is 1. The molecule has 19 heavy (non-hydrogen) atoms. The average Bonchev–Trinajstić information content (AvgIpc) is 2.82. The number of carbonyl (C=O) groups excluding carboxylic acids is 1. The van der Waals surface area contributed by atoms with Crippen LogP contribution < -0.4 is 5.32 Å². The monoisotopic (exact) mass is 267 g/mol. The van der Waals surface area contributed by atoms with Gasteiger partial charge in [-0.3, -0.25) is 0 Å². The highest BCUT2D eigenvalue weighted by atomic mass is 16.5. The Kier molecular flexibility index (Phi) is 4.42. The minimum Gasteiger partial charge on any atom is -0.461 e. The standard InChI is InChI=1S/C13H21N3O3/c1-4-18-12(17)11-8-19-13(15-11)14-10-5-6-16(3)7-9(10)2/h8-10H,4-7H2,1-3H3,(H,14,15). The summed E-state index contributed by atoms with van der Waals surface area (Å²) in [5, 5.41) is 3.26. The van der Waals surface area contributed by atoms with E-state index in [-0.39, 0.29) is 5.69 Å². The van der Waals surface area contributed by atoms with Gasteiger partial charge in [-0.1, -0.05) is 6.92 Å². The van der Waals surface area contributed by atoms with E-state index in [1.54, 1.807) is 6.92 Å². The third-order valence-electron chi connectivity index (χ3n) is 3.41. The first kappa shape index (κ1) is 13.9. The van der Waals surface area contributed by atoms with Gasteiger partial charge in [0.05, 0.1) is 6.61 Å². The Morgan fingerprint density at radius 1 is 1.68 bits per heavy atom. The molecule has 2 rings (SSSR count). The number of piperidine rings is 1. The van der Waals surface area contributed by atoms with E-state index in [9.17, 15) is 4.79 Å². The van der Waals surface area contributed by atoms with Crippen molar-refractivity contribution >= 4 is 12.0 Å². The van der Waals surface area contributed by atoms with E-state index in [0.29, 0.717) is 24.6 Å². The topological polar surface area (TPSA) is 67.6 Å². The van der Waals surface area contributed by atoms with Crippen LogP contribution in [-0.4, -0.2) is 48.6 Å². The Morgan fingerprint density at radius 2 is 2.47 bits per heavy atom. The molecule has 0 aromatic carbocycles. The maximum Gasteiger partial charge on any atom is 0.360 e. The Bertz CT molecular complexity index is 433. The van der Waals surface area contributed by atoms with Crippen LogP contribution in [-0.2, 0) is 4.74 Å². The third kappa shape index (κ3) is 3.47. The maximum absolute atomic E-state index is 11.5. The summed E-state index contributed by atoms with van der Waals surface area (Å²) in [5.41, 5.74) is 0.213. The van der Waals surface area contributed by atoms with Crippen LogP contribution in [0.4, 0.5) is 6.01 Å². The first-order valence-electron chi connectivity index (χ1n) is 6.68. The van der Waals surface area contributed by atoms with Crippen LogP contribution in [0.5, 0.6) is 0 Å². The summed E-state index contributed by atoms with van der Waals surface area (Å²) in [6, 6.07) is 0.717. The number of hydrogen-bond donors (Lipinski definition) is 1. The predicted octanol–water partition coefficient (Wildman–Crippen LogP) is 1.60. The highest BCUT2D eigenvalue weighted by molar-refractivity contribution is 5.87. The molecule has 6 heteroatoms. The number of nitrogens with one attached hydrogen (secondary N) is 1. The molecule has 0 aliphatic carbocycles. The quantitative estimate of drug-likeness (QED) is 0.836. The van der Waals surface area contributed by atoms with E-state index < -0.39 is 5.97 Å². The fourth-order valence-electron chi connectivity index (χ4n) is 2.37. The zero-order valence-corrected chi connectivity index (χ0v) is 11.7. The Hall–Kier alpha value is -1.56. The van der Waals surface area contributed by atoms with Crippen LogP contribution in [0.2, 0.25) is 0 Å². The molecule has 6 nitrogen and oxygen atoms in total. The van der Waals surface area contributed by atoms with Crippen LogP contribution in [0.1, 0.15) is 30.8 Å². The number of anilines is 1. The summed E-state index contributed by atoms with van der Waals surface area (Å²) in [4.78, 5) is 17.9. The van der Waals surface area contributed by atoms with Crippen LogP contribution >= 0.6 is 0 Å². The van der Waals surface area contributed by atoms with Gasteiger partial charge in [0.2, 0.25) is 0 Å². The molecule has 1 aromatic heterocycles. The first-order valence-corrected chi connectivity index (χ1v) is 6.68. The van der Waals surface area contributed by atoms with Crippen LogP contribution in [0.3, 0.4) is 0 Å². The summed E-state index contributed by atoms with van der Waals surface area (Å²) >= 11 is 0. The van der Waals surface area contributed by atoms with E-state index in [1.807, 2.05) is 0 Å².